The average molecular weight is 415 g/mol. The number of benzene rings is 1. The molecule has 0 fully saturated rings. The van der Waals surface area contributed by atoms with Crippen LogP contribution in [0.4, 0.5) is 23.0 Å². The number of pyridine rings is 1. The molecule has 0 saturated carbocycles. The van der Waals surface area contributed by atoms with Crippen molar-refractivity contribution >= 4 is 40.5 Å². The summed E-state index contributed by atoms with van der Waals surface area (Å²) >= 11 is 6.31. The molecule has 2 aromatic heterocycles. The number of amides is 1. The molecule has 9 nitrogen and oxygen atoms in total. The maximum absolute atomic E-state index is 12.2. The van der Waals surface area contributed by atoms with E-state index in [1.54, 1.807) is 24.3 Å². The molecule has 10 heteroatoms. The van der Waals surface area contributed by atoms with E-state index in [2.05, 4.69) is 26.2 Å². The van der Waals surface area contributed by atoms with Crippen LogP contribution in [0.2, 0.25) is 5.02 Å². The van der Waals surface area contributed by atoms with E-state index in [9.17, 15) is 4.79 Å². The second kappa shape index (κ2) is 8.48. The van der Waals surface area contributed by atoms with Gasteiger partial charge in [0.15, 0.2) is 5.82 Å². The average Bonchev–Trinajstić information content (AvgIpc) is 3.13. The summed E-state index contributed by atoms with van der Waals surface area (Å²) in [5, 5.41) is 11.3. The minimum Gasteiger partial charge on any atom is -0.373 e. The number of nitrogens with one attached hydrogen (secondary N) is 3. The molecule has 3 aromatic rings. The Morgan fingerprint density at radius 2 is 2.07 bits per heavy atom. The second-order valence-electron chi connectivity index (χ2n) is 6.28. The van der Waals surface area contributed by atoms with Gasteiger partial charge in [0.25, 0.3) is 5.91 Å². The van der Waals surface area contributed by atoms with E-state index in [4.69, 9.17) is 21.2 Å². The monoisotopic (exact) mass is 414 g/mol. The fraction of sp³-hybridized carbons (Fsp3) is 0.211. The number of ether oxygens (including phenoxy) is 1. The zero-order valence-electron chi connectivity index (χ0n) is 15.6. The van der Waals surface area contributed by atoms with Gasteiger partial charge in [-0.15, -0.1) is 0 Å². The van der Waals surface area contributed by atoms with Crippen LogP contribution in [-0.2, 0) is 22.7 Å². The number of fused-ring (bicyclic) bond motifs is 1. The molecule has 4 rings (SSSR count). The molecule has 150 valence electrons. The SMILES string of the molecule is CONC(=O)c1ccccc1Nc1cc(Nc2cc3n(n2)CCOC3)ncc1Cl. The Kier molecular flexibility index (Phi) is 5.61. The number of anilines is 4. The first kappa shape index (κ1) is 19.2. The number of aromatic nitrogens is 3. The number of carbonyl (C=O) groups excluding carboxylic acids is 1. The van der Waals surface area contributed by atoms with Crippen molar-refractivity contribution in [1.82, 2.24) is 20.2 Å². The molecular formula is C19H19ClN6O3. The maximum Gasteiger partial charge on any atom is 0.276 e. The molecule has 0 spiro atoms. The first-order valence-electron chi connectivity index (χ1n) is 8.90. The van der Waals surface area contributed by atoms with Gasteiger partial charge in [-0.1, -0.05) is 23.7 Å². The Morgan fingerprint density at radius 1 is 1.21 bits per heavy atom. The largest absolute Gasteiger partial charge is 0.373 e. The minimum absolute atomic E-state index is 0.370. The van der Waals surface area contributed by atoms with E-state index >= 15 is 0 Å². The van der Waals surface area contributed by atoms with Gasteiger partial charge < -0.3 is 15.4 Å². The predicted molar refractivity (Wildman–Crippen MR) is 109 cm³/mol. The van der Waals surface area contributed by atoms with Gasteiger partial charge in [0.2, 0.25) is 0 Å². The number of hydrogen-bond donors (Lipinski definition) is 3. The van der Waals surface area contributed by atoms with Crippen molar-refractivity contribution in [2.45, 2.75) is 13.2 Å². The number of carbonyl (C=O) groups is 1. The number of rotatable bonds is 6. The lowest BCUT2D eigenvalue weighted by molar-refractivity contribution is 0.0538. The first-order chi connectivity index (χ1) is 14.1. The van der Waals surface area contributed by atoms with Crippen molar-refractivity contribution in [1.29, 1.82) is 0 Å². The number of nitrogens with zero attached hydrogens (tertiary/aromatic N) is 3. The van der Waals surface area contributed by atoms with Gasteiger partial charge in [0.05, 0.1) is 60.7 Å². The fourth-order valence-electron chi connectivity index (χ4n) is 2.97. The third-order valence-corrected chi connectivity index (χ3v) is 4.61. The molecule has 29 heavy (non-hydrogen) atoms. The predicted octanol–water partition coefficient (Wildman–Crippen LogP) is 3.24. The number of halogens is 1. The summed E-state index contributed by atoms with van der Waals surface area (Å²) in [4.78, 5) is 21.2. The van der Waals surface area contributed by atoms with E-state index in [1.165, 1.54) is 13.3 Å². The highest BCUT2D eigenvalue weighted by Crippen LogP contribution is 2.29. The normalized spacial score (nSPS) is 12.9. The lowest BCUT2D eigenvalue weighted by Crippen LogP contribution is -2.22. The van der Waals surface area contributed by atoms with E-state index in [1.807, 2.05) is 16.8 Å². The van der Waals surface area contributed by atoms with E-state index in [-0.39, 0.29) is 5.91 Å². The molecule has 3 N–H and O–H groups in total. The number of hydroxylamine groups is 1. The number of para-hydroxylation sites is 1. The smallest absolute Gasteiger partial charge is 0.276 e. The zero-order chi connectivity index (χ0) is 20.2. The molecule has 0 unspecified atom stereocenters. The van der Waals surface area contributed by atoms with Crippen LogP contribution in [0, 0.1) is 0 Å². The summed E-state index contributed by atoms with van der Waals surface area (Å²) in [6, 6.07) is 10.7. The van der Waals surface area contributed by atoms with Gasteiger partial charge in [0.1, 0.15) is 5.82 Å². The summed E-state index contributed by atoms with van der Waals surface area (Å²) in [7, 11) is 1.38. The summed E-state index contributed by atoms with van der Waals surface area (Å²) < 4.78 is 7.34. The molecule has 1 aromatic carbocycles. The third kappa shape index (κ3) is 4.32. The molecule has 0 saturated heterocycles. The van der Waals surface area contributed by atoms with Gasteiger partial charge in [-0.25, -0.2) is 10.5 Å². The number of hydrogen-bond acceptors (Lipinski definition) is 7. The van der Waals surface area contributed by atoms with Crippen LogP contribution in [-0.4, -0.2) is 34.4 Å². The summed E-state index contributed by atoms with van der Waals surface area (Å²) in [5.74, 6) is 0.864. The van der Waals surface area contributed by atoms with Crippen molar-refractivity contribution in [3.63, 3.8) is 0 Å². The minimum atomic E-state index is -0.370. The Morgan fingerprint density at radius 3 is 2.90 bits per heavy atom. The summed E-state index contributed by atoms with van der Waals surface area (Å²) in [5.41, 5.74) is 4.90. The molecule has 0 atom stereocenters. The highest BCUT2D eigenvalue weighted by molar-refractivity contribution is 6.33. The highest BCUT2D eigenvalue weighted by atomic mass is 35.5. The van der Waals surface area contributed by atoms with Gasteiger partial charge >= 0.3 is 0 Å². The van der Waals surface area contributed by atoms with Crippen LogP contribution < -0.4 is 16.1 Å². The van der Waals surface area contributed by atoms with Crippen LogP contribution in [0.3, 0.4) is 0 Å². The van der Waals surface area contributed by atoms with Gasteiger partial charge in [-0.3, -0.25) is 14.3 Å². The molecule has 0 aliphatic carbocycles. The van der Waals surface area contributed by atoms with Crippen molar-refractivity contribution in [3.05, 3.63) is 58.9 Å². The Labute approximate surface area is 171 Å². The zero-order valence-corrected chi connectivity index (χ0v) is 16.4. The van der Waals surface area contributed by atoms with Crippen molar-refractivity contribution < 1.29 is 14.4 Å². The van der Waals surface area contributed by atoms with Crippen LogP contribution in [0.25, 0.3) is 0 Å². The molecule has 1 aliphatic heterocycles. The topological polar surface area (TPSA) is 102 Å². The Hall–Kier alpha value is -3.14. The van der Waals surface area contributed by atoms with Crippen LogP contribution in [0.1, 0.15) is 16.1 Å². The molecule has 0 bridgehead atoms. The van der Waals surface area contributed by atoms with E-state index in [0.717, 1.165) is 12.2 Å². The maximum atomic E-state index is 12.2. The van der Waals surface area contributed by atoms with Crippen LogP contribution in [0.15, 0.2) is 42.6 Å². The van der Waals surface area contributed by atoms with Crippen molar-refractivity contribution in [2.24, 2.45) is 0 Å². The molecule has 1 aliphatic rings. The molecular weight excluding hydrogens is 396 g/mol. The van der Waals surface area contributed by atoms with E-state index in [0.29, 0.717) is 46.8 Å². The quantitative estimate of drug-likeness (QED) is 0.532. The molecule has 3 heterocycles. The summed E-state index contributed by atoms with van der Waals surface area (Å²) in [6.45, 7) is 1.91. The van der Waals surface area contributed by atoms with Gasteiger partial charge in [0, 0.05) is 12.1 Å². The van der Waals surface area contributed by atoms with Gasteiger partial charge in [-0.05, 0) is 12.1 Å². The lowest BCUT2D eigenvalue weighted by atomic mass is 10.1. The van der Waals surface area contributed by atoms with Crippen LogP contribution in [0.5, 0.6) is 0 Å². The third-order valence-electron chi connectivity index (χ3n) is 4.31. The molecule has 1 amide bonds. The fourth-order valence-corrected chi connectivity index (χ4v) is 3.12. The molecule has 0 radical (unpaired) electrons. The Balaban J connectivity index is 1.56. The Bertz CT molecular complexity index is 1020. The van der Waals surface area contributed by atoms with E-state index < -0.39 is 0 Å². The summed E-state index contributed by atoms with van der Waals surface area (Å²) in [6.07, 6.45) is 1.53. The lowest BCUT2D eigenvalue weighted by Gasteiger charge is -2.13. The van der Waals surface area contributed by atoms with Crippen molar-refractivity contribution in [3.8, 4) is 0 Å². The van der Waals surface area contributed by atoms with Crippen molar-refractivity contribution in [2.75, 3.05) is 24.4 Å². The standard InChI is InChI=1S/C19H19ClN6O3/c1-28-25-19(27)13-4-2-3-5-15(13)22-16-9-17(21-10-14(16)20)23-18-8-12-11-29-7-6-26(12)24-18/h2-5,8-10H,6-7,11H2,1H3,(H,25,27)(H2,21,22,23,24). The first-order valence-corrected chi connectivity index (χ1v) is 9.28. The second-order valence-corrected chi connectivity index (χ2v) is 6.68. The van der Waals surface area contributed by atoms with Crippen LogP contribution >= 0.6 is 11.6 Å². The van der Waals surface area contributed by atoms with Gasteiger partial charge in [-0.2, -0.15) is 5.10 Å². The highest BCUT2D eigenvalue weighted by Gasteiger charge is 2.15.